The molecule has 0 saturated carbocycles. The summed E-state index contributed by atoms with van der Waals surface area (Å²) in [4.78, 5) is 0. The fourth-order valence-electron chi connectivity index (χ4n) is 2.15. The van der Waals surface area contributed by atoms with E-state index in [9.17, 15) is 8.60 Å². The summed E-state index contributed by atoms with van der Waals surface area (Å²) >= 11 is 0. The molecular formula is C17H14FNO2S. The maximum Gasteiger partial charge on any atom is 0.167 e. The van der Waals surface area contributed by atoms with Crippen LogP contribution in [-0.2, 0) is 22.3 Å². The normalized spacial score (nSPS) is 12.2. The summed E-state index contributed by atoms with van der Waals surface area (Å²) in [5.74, 6) is 0.915. The Labute approximate surface area is 130 Å². The molecular weight excluding hydrogens is 301 g/mol. The van der Waals surface area contributed by atoms with E-state index < -0.39 is 10.8 Å². The summed E-state index contributed by atoms with van der Waals surface area (Å²) < 4.78 is 30.5. The molecule has 22 heavy (non-hydrogen) atoms. The van der Waals surface area contributed by atoms with Crippen LogP contribution in [0.2, 0.25) is 0 Å². The SMILES string of the molecule is O=[S@@](Cc1cccc(F)c1)Cc1cc(-c2ccccc2)on1. The fourth-order valence-corrected chi connectivity index (χ4v) is 3.27. The first kappa shape index (κ1) is 14.7. The Balaban J connectivity index is 1.66. The highest BCUT2D eigenvalue weighted by molar-refractivity contribution is 7.83. The van der Waals surface area contributed by atoms with Gasteiger partial charge in [0.05, 0.1) is 11.4 Å². The molecule has 0 saturated heterocycles. The van der Waals surface area contributed by atoms with Gasteiger partial charge in [0.15, 0.2) is 5.76 Å². The van der Waals surface area contributed by atoms with Crippen LogP contribution in [0.15, 0.2) is 65.2 Å². The number of benzene rings is 2. The van der Waals surface area contributed by atoms with E-state index in [1.807, 2.05) is 30.3 Å². The second-order valence-electron chi connectivity index (χ2n) is 4.91. The number of nitrogens with zero attached hydrogens (tertiary/aromatic N) is 1. The van der Waals surface area contributed by atoms with Crippen LogP contribution in [0.5, 0.6) is 0 Å². The van der Waals surface area contributed by atoms with Gasteiger partial charge in [-0.25, -0.2) is 4.39 Å². The van der Waals surface area contributed by atoms with Crippen LogP contribution in [-0.4, -0.2) is 9.37 Å². The largest absolute Gasteiger partial charge is 0.356 e. The molecule has 5 heteroatoms. The summed E-state index contributed by atoms with van der Waals surface area (Å²) in [5.41, 5.74) is 2.27. The summed E-state index contributed by atoms with van der Waals surface area (Å²) in [5, 5.41) is 3.95. The molecule has 0 radical (unpaired) electrons. The van der Waals surface area contributed by atoms with Gasteiger partial charge >= 0.3 is 0 Å². The average Bonchev–Trinajstić information content (AvgIpc) is 2.96. The predicted octanol–water partition coefficient (Wildman–Crippen LogP) is 3.93. The van der Waals surface area contributed by atoms with E-state index in [-0.39, 0.29) is 11.6 Å². The van der Waals surface area contributed by atoms with Gasteiger partial charge in [-0.05, 0) is 17.7 Å². The lowest BCUT2D eigenvalue weighted by molar-refractivity contribution is 0.426. The second kappa shape index (κ2) is 6.66. The minimum atomic E-state index is -1.16. The van der Waals surface area contributed by atoms with Gasteiger partial charge in [-0.1, -0.05) is 47.6 Å². The summed E-state index contributed by atoms with van der Waals surface area (Å²) in [6.07, 6.45) is 0. The maximum absolute atomic E-state index is 13.1. The molecule has 3 nitrogen and oxygen atoms in total. The molecule has 0 aliphatic rings. The molecule has 1 atom stereocenters. The zero-order chi connectivity index (χ0) is 15.4. The van der Waals surface area contributed by atoms with Gasteiger partial charge in [0, 0.05) is 28.2 Å². The van der Waals surface area contributed by atoms with Gasteiger partial charge in [-0.15, -0.1) is 0 Å². The van der Waals surface area contributed by atoms with Crippen LogP contribution in [0, 0.1) is 5.82 Å². The Morgan fingerprint density at radius 2 is 1.82 bits per heavy atom. The van der Waals surface area contributed by atoms with Crippen LogP contribution in [0.1, 0.15) is 11.3 Å². The third-order valence-corrected chi connectivity index (χ3v) is 4.42. The summed E-state index contributed by atoms with van der Waals surface area (Å²) in [6.45, 7) is 0. The molecule has 0 spiro atoms. The highest BCUT2D eigenvalue weighted by Gasteiger charge is 2.10. The van der Waals surface area contributed by atoms with E-state index in [0.29, 0.717) is 22.8 Å². The lowest BCUT2D eigenvalue weighted by Crippen LogP contribution is -2.00. The van der Waals surface area contributed by atoms with E-state index in [0.717, 1.165) is 5.56 Å². The quantitative estimate of drug-likeness (QED) is 0.716. The molecule has 0 fully saturated rings. The Bertz CT molecular complexity index is 786. The first-order valence-corrected chi connectivity index (χ1v) is 8.30. The van der Waals surface area contributed by atoms with E-state index >= 15 is 0 Å². The molecule has 0 aliphatic carbocycles. The van der Waals surface area contributed by atoms with Crippen molar-refractivity contribution in [3.05, 3.63) is 77.7 Å². The van der Waals surface area contributed by atoms with Crippen molar-refractivity contribution in [3.8, 4) is 11.3 Å². The molecule has 1 aromatic heterocycles. The van der Waals surface area contributed by atoms with E-state index in [1.165, 1.54) is 12.1 Å². The highest BCUT2D eigenvalue weighted by atomic mass is 32.2. The van der Waals surface area contributed by atoms with Gasteiger partial charge in [0.1, 0.15) is 5.82 Å². The molecule has 3 rings (SSSR count). The lowest BCUT2D eigenvalue weighted by Gasteiger charge is -2.00. The van der Waals surface area contributed by atoms with Crippen molar-refractivity contribution in [1.82, 2.24) is 5.16 Å². The first-order chi connectivity index (χ1) is 10.7. The number of aromatic nitrogens is 1. The first-order valence-electron chi connectivity index (χ1n) is 6.81. The van der Waals surface area contributed by atoms with Crippen LogP contribution in [0.4, 0.5) is 4.39 Å². The zero-order valence-electron chi connectivity index (χ0n) is 11.7. The van der Waals surface area contributed by atoms with Gasteiger partial charge in [0.25, 0.3) is 0 Å². The van der Waals surface area contributed by atoms with Crippen molar-refractivity contribution in [2.45, 2.75) is 11.5 Å². The van der Waals surface area contributed by atoms with Crippen molar-refractivity contribution < 1.29 is 13.1 Å². The number of rotatable bonds is 5. The van der Waals surface area contributed by atoms with Gasteiger partial charge < -0.3 is 4.52 Å². The molecule has 0 bridgehead atoms. The Morgan fingerprint density at radius 3 is 2.59 bits per heavy atom. The van der Waals surface area contributed by atoms with Crippen LogP contribution < -0.4 is 0 Å². The van der Waals surface area contributed by atoms with Crippen molar-refractivity contribution in [3.63, 3.8) is 0 Å². The van der Waals surface area contributed by atoms with Crippen molar-refractivity contribution in [1.29, 1.82) is 0 Å². The average molecular weight is 315 g/mol. The monoisotopic (exact) mass is 315 g/mol. The molecule has 3 aromatic rings. The van der Waals surface area contributed by atoms with Crippen LogP contribution in [0.25, 0.3) is 11.3 Å². The number of hydrogen-bond acceptors (Lipinski definition) is 3. The molecule has 0 aliphatic heterocycles. The smallest absolute Gasteiger partial charge is 0.167 e. The number of hydrogen-bond donors (Lipinski definition) is 0. The van der Waals surface area contributed by atoms with Crippen molar-refractivity contribution in [2.75, 3.05) is 0 Å². The Kier molecular flexibility index (Phi) is 4.44. The minimum Gasteiger partial charge on any atom is -0.356 e. The van der Waals surface area contributed by atoms with Gasteiger partial charge in [-0.2, -0.15) is 0 Å². The molecule has 2 aromatic carbocycles. The van der Waals surface area contributed by atoms with E-state index in [4.69, 9.17) is 4.52 Å². The summed E-state index contributed by atoms with van der Waals surface area (Å²) in [7, 11) is -1.16. The van der Waals surface area contributed by atoms with E-state index in [2.05, 4.69) is 5.16 Å². The predicted molar refractivity (Wildman–Crippen MR) is 83.9 cm³/mol. The standard InChI is InChI=1S/C17H14FNO2S/c18-15-8-4-5-13(9-15)11-22(20)12-16-10-17(21-19-16)14-6-2-1-3-7-14/h1-10H,11-12H2/t22-/m0/s1. The highest BCUT2D eigenvalue weighted by Crippen LogP contribution is 2.20. The molecule has 0 amide bonds. The number of halogens is 1. The molecule has 112 valence electrons. The third kappa shape index (κ3) is 3.68. The van der Waals surface area contributed by atoms with Crippen LogP contribution >= 0.6 is 0 Å². The lowest BCUT2D eigenvalue weighted by atomic mass is 10.2. The third-order valence-electron chi connectivity index (χ3n) is 3.14. The van der Waals surface area contributed by atoms with Gasteiger partial charge in [0.2, 0.25) is 0 Å². The van der Waals surface area contributed by atoms with Crippen molar-refractivity contribution in [2.24, 2.45) is 0 Å². The van der Waals surface area contributed by atoms with E-state index in [1.54, 1.807) is 18.2 Å². The zero-order valence-corrected chi connectivity index (χ0v) is 12.6. The fraction of sp³-hybridized carbons (Fsp3) is 0.118. The molecule has 0 unspecified atom stereocenters. The Morgan fingerprint density at radius 1 is 1.00 bits per heavy atom. The summed E-state index contributed by atoms with van der Waals surface area (Å²) in [6, 6.07) is 17.5. The minimum absolute atomic E-state index is 0.285. The van der Waals surface area contributed by atoms with Gasteiger partial charge in [-0.3, -0.25) is 4.21 Å². The van der Waals surface area contributed by atoms with Crippen molar-refractivity contribution >= 4 is 10.8 Å². The molecule has 0 N–H and O–H groups in total. The topological polar surface area (TPSA) is 43.1 Å². The van der Waals surface area contributed by atoms with Crippen LogP contribution in [0.3, 0.4) is 0 Å². The Hall–Kier alpha value is -2.27. The molecule has 1 heterocycles. The maximum atomic E-state index is 13.1. The second-order valence-corrected chi connectivity index (χ2v) is 6.36.